The van der Waals surface area contributed by atoms with E-state index in [9.17, 15) is 8.42 Å². The third-order valence-corrected chi connectivity index (χ3v) is 3.29. The molecule has 108 valence electrons. The molecule has 0 aliphatic carbocycles. The fourth-order valence-corrected chi connectivity index (χ4v) is 2.26. The lowest BCUT2D eigenvalue weighted by Gasteiger charge is -2.09. The van der Waals surface area contributed by atoms with Gasteiger partial charge in [-0.05, 0) is 32.0 Å². The summed E-state index contributed by atoms with van der Waals surface area (Å²) in [6.45, 7) is 4.25. The van der Waals surface area contributed by atoms with Gasteiger partial charge in [-0.3, -0.25) is 4.72 Å². The molecule has 8 heteroatoms. The fraction of sp³-hybridized carbons (Fsp3) is 0.250. The summed E-state index contributed by atoms with van der Waals surface area (Å²) in [5, 5.41) is 12.0. The van der Waals surface area contributed by atoms with Gasteiger partial charge in [0.25, 0.3) is 10.2 Å². The maximum absolute atomic E-state index is 11.0. The normalized spacial score (nSPS) is 11.3. The minimum Gasteiger partial charge on any atom is -0.381 e. The second-order valence-corrected chi connectivity index (χ2v) is 5.68. The van der Waals surface area contributed by atoms with Crippen LogP contribution in [-0.4, -0.2) is 13.6 Å². The molecule has 2 rings (SSSR count). The molecule has 0 unspecified atom stereocenters. The number of nitrogens with zero attached hydrogens (tertiary/aromatic N) is 1. The molecule has 0 amide bonds. The molecule has 1 aromatic heterocycles. The first-order chi connectivity index (χ1) is 9.35. The van der Waals surface area contributed by atoms with Crippen LogP contribution >= 0.6 is 0 Å². The topological polar surface area (TPSA) is 110 Å². The van der Waals surface area contributed by atoms with Crippen LogP contribution in [0.1, 0.15) is 17.0 Å². The summed E-state index contributed by atoms with van der Waals surface area (Å²) in [5.74, 6) is 0.758. The molecule has 0 saturated heterocycles. The van der Waals surface area contributed by atoms with Crippen molar-refractivity contribution in [2.45, 2.75) is 20.4 Å². The molecule has 0 bridgehead atoms. The number of anilines is 2. The van der Waals surface area contributed by atoms with Crippen molar-refractivity contribution in [3.05, 3.63) is 41.3 Å². The summed E-state index contributed by atoms with van der Waals surface area (Å²) in [6, 6.07) is 6.82. The van der Waals surface area contributed by atoms with Crippen molar-refractivity contribution in [1.29, 1.82) is 0 Å². The number of rotatable bonds is 5. The number of benzene rings is 1. The van der Waals surface area contributed by atoms with Gasteiger partial charge in [-0.15, -0.1) is 0 Å². The molecule has 0 spiro atoms. The van der Waals surface area contributed by atoms with E-state index in [2.05, 4.69) is 15.2 Å². The van der Waals surface area contributed by atoms with Crippen molar-refractivity contribution >= 4 is 21.6 Å². The quantitative estimate of drug-likeness (QED) is 0.774. The SMILES string of the molecule is Cc1noc(C)c1CNc1cccc(NS(N)(=O)=O)c1. The minimum absolute atomic E-state index is 0.399. The lowest BCUT2D eigenvalue weighted by molar-refractivity contribution is 0.392. The predicted molar refractivity (Wildman–Crippen MR) is 76.5 cm³/mol. The first kappa shape index (κ1) is 14.4. The molecule has 0 fully saturated rings. The molecule has 1 aromatic carbocycles. The number of nitrogens with two attached hydrogens (primary N) is 1. The molecule has 1 heterocycles. The van der Waals surface area contributed by atoms with Crippen LogP contribution in [0.2, 0.25) is 0 Å². The Balaban J connectivity index is 2.09. The standard InChI is InChI=1S/C12H16N4O3S/c1-8-12(9(2)19-15-8)7-14-10-4-3-5-11(6-10)16-20(13,17)18/h3-6,14,16H,7H2,1-2H3,(H2,13,17,18). The first-order valence-corrected chi connectivity index (χ1v) is 7.46. The highest BCUT2D eigenvalue weighted by molar-refractivity contribution is 7.90. The largest absolute Gasteiger partial charge is 0.381 e. The average molecular weight is 296 g/mol. The molecule has 4 N–H and O–H groups in total. The van der Waals surface area contributed by atoms with Gasteiger partial charge in [0.1, 0.15) is 5.76 Å². The first-order valence-electron chi connectivity index (χ1n) is 5.91. The second-order valence-electron chi connectivity index (χ2n) is 4.38. The lowest BCUT2D eigenvalue weighted by atomic mass is 10.2. The highest BCUT2D eigenvalue weighted by atomic mass is 32.2. The monoisotopic (exact) mass is 296 g/mol. The van der Waals surface area contributed by atoms with E-state index >= 15 is 0 Å². The third kappa shape index (κ3) is 3.72. The summed E-state index contributed by atoms with van der Waals surface area (Å²) >= 11 is 0. The number of nitrogens with one attached hydrogen (secondary N) is 2. The maximum atomic E-state index is 11.0. The Morgan fingerprint density at radius 3 is 2.60 bits per heavy atom. The molecule has 0 saturated carbocycles. The molecular formula is C12H16N4O3S. The van der Waals surface area contributed by atoms with Gasteiger partial charge < -0.3 is 9.84 Å². The van der Waals surface area contributed by atoms with Crippen LogP contribution in [0.25, 0.3) is 0 Å². The number of hydrogen-bond donors (Lipinski definition) is 3. The zero-order valence-electron chi connectivity index (χ0n) is 11.2. The minimum atomic E-state index is -3.77. The summed E-state index contributed by atoms with van der Waals surface area (Å²) < 4.78 is 29.2. The van der Waals surface area contributed by atoms with Crippen molar-refractivity contribution < 1.29 is 12.9 Å². The maximum Gasteiger partial charge on any atom is 0.296 e. The molecule has 20 heavy (non-hydrogen) atoms. The average Bonchev–Trinajstić information content (AvgIpc) is 2.65. The van der Waals surface area contributed by atoms with E-state index in [0.717, 1.165) is 22.7 Å². The van der Waals surface area contributed by atoms with Gasteiger partial charge in [0.2, 0.25) is 0 Å². The van der Waals surface area contributed by atoms with Crippen LogP contribution in [0, 0.1) is 13.8 Å². The highest BCUT2D eigenvalue weighted by Gasteiger charge is 2.08. The zero-order valence-corrected chi connectivity index (χ0v) is 12.0. The Morgan fingerprint density at radius 1 is 1.30 bits per heavy atom. The van der Waals surface area contributed by atoms with Crippen molar-refractivity contribution in [2.75, 3.05) is 10.0 Å². The van der Waals surface area contributed by atoms with Gasteiger partial charge in [0, 0.05) is 17.8 Å². The van der Waals surface area contributed by atoms with Gasteiger partial charge in [0.15, 0.2) is 0 Å². The third-order valence-electron chi connectivity index (χ3n) is 2.77. The number of hydrogen-bond acceptors (Lipinski definition) is 5. The Hall–Kier alpha value is -2.06. The molecule has 7 nitrogen and oxygen atoms in total. The van der Waals surface area contributed by atoms with E-state index in [-0.39, 0.29) is 0 Å². The number of aryl methyl sites for hydroxylation is 2. The molecule has 0 atom stereocenters. The lowest BCUT2D eigenvalue weighted by Crippen LogP contribution is -2.21. The van der Waals surface area contributed by atoms with E-state index in [1.807, 2.05) is 19.9 Å². The molecule has 0 aliphatic rings. The summed E-state index contributed by atoms with van der Waals surface area (Å²) in [7, 11) is -3.77. The van der Waals surface area contributed by atoms with Gasteiger partial charge >= 0.3 is 0 Å². The smallest absolute Gasteiger partial charge is 0.296 e. The van der Waals surface area contributed by atoms with Crippen LogP contribution in [0.5, 0.6) is 0 Å². The van der Waals surface area contributed by atoms with Crippen molar-refractivity contribution in [3.63, 3.8) is 0 Å². The van der Waals surface area contributed by atoms with Gasteiger partial charge in [0.05, 0.1) is 11.4 Å². The summed E-state index contributed by atoms with van der Waals surface area (Å²) in [6.07, 6.45) is 0. The molecule has 0 radical (unpaired) electrons. The molecule has 2 aromatic rings. The van der Waals surface area contributed by atoms with Crippen LogP contribution in [-0.2, 0) is 16.8 Å². The van der Waals surface area contributed by atoms with Crippen LogP contribution in [0.15, 0.2) is 28.8 Å². The van der Waals surface area contributed by atoms with Gasteiger partial charge in [-0.25, -0.2) is 5.14 Å². The Labute approximate surface area is 117 Å². The van der Waals surface area contributed by atoms with E-state index in [1.165, 1.54) is 0 Å². The summed E-state index contributed by atoms with van der Waals surface area (Å²) in [4.78, 5) is 0. The highest BCUT2D eigenvalue weighted by Crippen LogP contribution is 2.18. The van der Waals surface area contributed by atoms with Gasteiger partial charge in [-0.1, -0.05) is 11.2 Å². The molecule has 0 aliphatic heterocycles. The van der Waals surface area contributed by atoms with Crippen LogP contribution < -0.4 is 15.2 Å². The predicted octanol–water partition coefficient (Wildman–Crippen LogP) is 1.52. The van der Waals surface area contributed by atoms with Crippen LogP contribution in [0.3, 0.4) is 0 Å². The van der Waals surface area contributed by atoms with Crippen LogP contribution in [0.4, 0.5) is 11.4 Å². The van der Waals surface area contributed by atoms with Gasteiger partial charge in [-0.2, -0.15) is 8.42 Å². The van der Waals surface area contributed by atoms with E-state index in [4.69, 9.17) is 9.66 Å². The zero-order chi connectivity index (χ0) is 14.8. The Kier molecular flexibility index (Phi) is 3.96. The van der Waals surface area contributed by atoms with E-state index in [0.29, 0.717) is 12.2 Å². The number of aromatic nitrogens is 1. The van der Waals surface area contributed by atoms with Crippen molar-refractivity contribution in [1.82, 2.24) is 5.16 Å². The fourth-order valence-electron chi connectivity index (χ4n) is 1.80. The summed E-state index contributed by atoms with van der Waals surface area (Å²) in [5.41, 5.74) is 2.97. The molecular weight excluding hydrogens is 280 g/mol. The van der Waals surface area contributed by atoms with Crippen molar-refractivity contribution in [3.8, 4) is 0 Å². The van der Waals surface area contributed by atoms with Crippen molar-refractivity contribution in [2.24, 2.45) is 5.14 Å². The van der Waals surface area contributed by atoms with E-state index < -0.39 is 10.2 Å². The second kappa shape index (κ2) is 5.51. The Bertz CT molecular complexity index is 690. The van der Waals surface area contributed by atoms with E-state index in [1.54, 1.807) is 18.2 Å². The Morgan fingerprint density at radius 2 is 2.00 bits per heavy atom.